The van der Waals surface area contributed by atoms with Crippen LogP contribution >= 0.6 is 0 Å². The van der Waals surface area contributed by atoms with E-state index in [1.54, 1.807) is 31.3 Å². The minimum atomic E-state index is -0.538. The number of likely N-dealkylation sites (N-methyl/N-ethyl adjacent to an activating group) is 1. The molecule has 3 rings (SSSR count). The number of furan rings is 1. The molecule has 2 heterocycles. The molecule has 2 aromatic rings. The Balaban J connectivity index is 1.55. The molecule has 25 heavy (non-hydrogen) atoms. The number of ether oxygens (including phenoxy) is 2. The molecular formula is C17H18N2O6. The first kappa shape index (κ1) is 16.8. The third-order valence-corrected chi connectivity index (χ3v) is 3.90. The Morgan fingerprint density at radius 2 is 2.08 bits per heavy atom. The zero-order chi connectivity index (χ0) is 18.0. The Morgan fingerprint density at radius 1 is 1.28 bits per heavy atom. The number of esters is 1. The van der Waals surface area contributed by atoms with Crippen molar-refractivity contribution in [3.63, 3.8) is 0 Å². The summed E-state index contributed by atoms with van der Waals surface area (Å²) in [6.07, 6.45) is 0.523. The van der Waals surface area contributed by atoms with Crippen molar-refractivity contribution in [2.45, 2.75) is 6.42 Å². The Labute approximate surface area is 143 Å². The molecule has 0 atom stereocenters. The zero-order valence-electron chi connectivity index (χ0n) is 14.0. The van der Waals surface area contributed by atoms with Gasteiger partial charge in [-0.3, -0.25) is 9.69 Å². The highest BCUT2D eigenvalue weighted by Gasteiger charge is 2.32. The number of amides is 3. The molecule has 1 fully saturated rings. The van der Waals surface area contributed by atoms with E-state index in [9.17, 15) is 14.4 Å². The van der Waals surface area contributed by atoms with Gasteiger partial charge in [0.05, 0.1) is 13.7 Å². The Morgan fingerprint density at radius 3 is 2.76 bits per heavy atom. The van der Waals surface area contributed by atoms with Crippen LogP contribution in [0.3, 0.4) is 0 Å². The van der Waals surface area contributed by atoms with Gasteiger partial charge in [-0.1, -0.05) is 0 Å². The van der Waals surface area contributed by atoms with Crippen LogP contribution in [0.15, 0.2) is 28.7 Å². The third-order valence-electron chi connectivity index (χ3n) is 3.90. The number of imide groups is 1. The molecule has 1 aliphatic heterocycles. The van der Waals surface area contributed by atoms with Crippen molar-refractivity contribution in [2.24, 2.45) is 0 Å². The Hall–Kier alpha value is -3.03. The van der Waals surface area contributed by atoms with E-state index in [4.69, 9.17) is 9.15 Å². The molecule has 0 saturated carbocycles. The van der Waals surface area contributed by atoms with Crippen LogP contribution in [0.2, 0.25) is 0 Å². The Kier molecular flexibility index (Phi) is 4.60. The lowest BCUT2D eigenvalue weighted by molar-refractivity contribution is -0.125. The van der Waals surface area contributed by atoms with Crippen molar-refractivity contribution in [1.29, 1.82) is 0 Å². The van der Waals surface area contributed by atoms with Gasteiger partial charge in [0.25, 0.3) is 0 Å². The van der Waals surface area contributed by atoms with Gasteiger partial charge < -0.3 is 18.8 Å². The highest BCUT2D eigenvalue weighted by Crippen LogP contribution is 2.25. The van der Waals surface area contributed by atoms with Gasteiger partial charge in [0.2, 0.25) is 11.7 Å². The van der Waals surface area contributed by atoms with E-state index in [1.165, 1.54) is 16.9 Å². The van der Waals surface area contributed by atoms with Crippen LogP contribution in [0.4, 0.5) is 4.79 Å². The third kappa shape index (κ3) is 3.42. The maximum atomic E-state index is 11.7. The second-order valence-corrected chi connectivity index (χ2v) is 5.69. The fraction of sp³-hybridized carbons (Fsp3) is 0.353. The van der Waals surface area contributed by atoms with Crippen LogP contribution in [0.5, 0.6) is 5.75 Å². The second-order valence-electron chi connectivity index (χ2n) is 5.69. The number of carbonyl (C=O) groups excluding carboxylic acids is 3. The maximum Gasteiger partial charge on any atom is 0.373 e. The monoisotopic (exact) mass is 346 g/mol. The van der Waals surface area contributed by atoms with Gasteiger partial charge in [-0.25, -0.2) is 9.59 Å². The molecule has 1 aromatic carbocycles. The maximum absolute atomic E-state index is 11.7. The quantitative estimate of drug-likeness (QED) is 0.451. The van der Waals surface area contributed by atoms with Gasteiger partial charge in [0.15, 0.2) is 0 Å². The van der Waals surface area contributed by atoms with Gasteiger partial charge in [-0.05, 0) is 24.6 Å². The predicted molar refractivity (Wildman–Crippen MR) is 87.4 cm³/mol. The predicted octanol–water partition coefficient (Wildman–Crippen LogP) is 1.88. The summed E-state index contributed by atoms with van der Waals surface area (Å²) in [7, 11) is 2.88. The minimum absolute atomic E-state index is 0.122. The first-order valence-corrected chi connectivity index (χ1v) is 7.80. The van der Waals surface area contributed by atoms with Crippen LogP contribution in [-0.4, -0.2) is 61.6 Å². The summed E-state index contributed by atoms with van der Waals surface area (Å²) in [6.45, 7) is 0.783. The van der Waals surface area contributed by atoms with Gasteiger partial charge in [0, 0.05) is 25.0 Å². The van der Waals surface area contributed by atoms with E-state index in [2.05, 4.69) is 4.74 Å². The number of fused-ring (bicyclic) bond motifs is 1. The fourth-order valence-corrected chi connectivity index (χ4v) is 2.60. The van der Waals surface area contributed by atoms with Crippen LogP contribution in [0.25, 0.3) is 11.0 Å². The number of carbonyl (C=O) groups is 3. The SMILES string of the molecule is COC(=O)c1cc2ccc(OCCCN3C(=O)CN(C)C3=O)cc2o1. The topological polar surface area (TPSA) is 89.3 Å². The summed E-state index contributed by atoms with van der Waals surface area (Å²) in [6, 6.07) is 6.55. The lowest BCUT2D eigenvalue weighted by atomic mass is 10.2. The largest absolute Gasteiger partial charge is 0.493 e. The molecule has 132 valence electrons. The molecule has 0 bridgehead atoms. The molecule has 0 spiro atoms. The van der Waals surface area contributed by atoms with Crippen LogP contribution in [-0.2, 0) is 9.53 Å². The normalized spacial score (nSPS) is 14.5. The van der Waals surface area contributed by atoms with Crippen molar-refractivity contribution in [2.75, 3.05) is 33.9 Å². The molecule has 8 heteroatoms. The van der Waals surface area contributed by atoms with Crippen LogP contribution in [0.1, 0.15) is 17.0 Å². The first-order chi connectivity index (χ1) is 12.0. The molecule has 0 unspecified atom stereocenters. The van der Waals surface area contributed by atoms with Crippen molar-refractivity contribution in [1.82, 2.24) is 9.80 Å². The summed E-state index contributed by atoms with van der Waals surface area (Å²) in [5.41, 5.74) is 0.518. The van der Waals surface area contributed by atoms with Crippen molar-refractivity contribution in [3.05, 3.63) is 30.0 Å². The lowest BCUT2D eigenvalue weighted by Crippen LogP contribution is -2.33. The smallest absolute Gasteiger partial charge is 0.373 e. The van der Waals surface area contributed by atoms with Gasteiger partial charge in [0.1, 0.15) is 17.9 Å². The standard InChI is InChI=1S/C17H18N2O6/c1-18-10-15(20)19(17(18)22)6-3-7-24-12-5-4-11-8-14(16(21)23-2)25-13(11)9-12/h4-5,8-9H,3,6-7,10H2,1-2H3. The van der Waals surface area contributed by atoms with Crippen molar-refractivity contribution < 1.29 is 28.3 Å². The summed E-state index contributed by atoms with van der Waals surface area (Å²) in [5.74, 6) is -0.0253. The number of benzene rings is 1. The molecule has 1 saturated heterocycles. The number of nitrogens with zero attached hydrogens (tertiary/aromatic N) is 2. The lowest BCUT2D eigenvalue weighted by Gasteiger charge is -2.14. The summed E-state index contributed by atoms with van der Waals surface area (Å²) in [5, 5.41) is 0.768. The average molecular weight is 346 g/mol. The number of urea groups is 1. The first-order valence-electron chi connectivity index (χ1n) is 7.80. The van der Waals surface area contributed by atoms with Gasteiger partial charge in [-0.15, -0.1) is 0 Å². The number of methoxy groups -OCH3 is 1. The van der Waals surface area contributed by atoms with E-state index >= 15 is 0 Å². The van der Waals surface area contributed by atoms with E-state index in [0.29, 0.717) is 30.9 Å². The van der Waals surface area contributed by atoms with E-state index in [1.807, 2.05) is 0 Å². The highest BCUT2D eigenvalue weighted by atomic mass is 16.5. The van der Waals surface area contributed by atoms with Gasteiger partial charge >= 0.3 is 12.0 Å². The Bertz CT molecular complexity index is 828. The fourth-order valence-electron chi connectivity index (χ4n) is 2.60. The minimum Gasteiger partial charge on any atom is -0.493 e. The highest BCUT2D eigenvalue weighted by molar-refractivity contribution is 6.01. The molecule has 3 amide bonds. The number of hydrogen-bond acceptors (Lipinski definition) is 6. The van der Waals surface area contributed by atoms with Crippen LogP contribution < -0.4 is 4.74 Å². The van der Waals surface area contributed by atoms with Crippen molar-refractivity contribution in [3.8, 4) is 5.75 Å². The second kappa shape index (κ2) is 6.84. The molecule has 0 N–H and O–H groups in total. The number of rotatable bonds is 6. The van der Waals surface area contributed by atoms with Crippen LogP contribution in [0, 0.1) is 0 Å². The summed E-state index contributed by atoms with van der Waals surface area (Å²) < 4.78 is 15.7. The van der Waals surface area contributed by atoms with E-state index in [0.717, 1.165) is 5.39 Å². The van der Waals surface area contributed by atoms with Crippen molar-refractivity contribution >= 4 is 28.9 Å². The molecule has 0 radical (unpaired) electrons. The molecule has 8 nitrogen and oxygen atoms in total. The molecular weight excluding hydrogens is 328 g/mol. The average Bonchev–Trinajstić information content (AvgIpc) is 3.12. The molecule has 1 aromatic heterocycles. The molecule has 0 aliphatic carbocycles. The molecule has 1 aliphatic rings. The summed E-state index contributed by atoms with van der Waals surface area (Å²) >= 11 is 0. The van der Waals surface area contributed by atoms with Gasteiger partial charge in [-0.2, -0.15) is 0 Å². The number of hydrogen-bond donors (Lipinski definition) is 0. The summed E-state index contributed by atoms with van der Waals surface area (Å²) in [4.78, 5) is 37.5. The van der Waals surface area contributed by atoms with E-state index < -0.39 is 5.97 Å². The zero-order valence-corrected chi connectivity index (χ0v) is 14.0. The van der Waals surface area contributed by atoms with E-state index in [-0.39, 0.29) is 24.2 Å².